The van der Waals surface area contributed by atoms with Crippen molar-refractivity contribution < 1.29 is 23.2 Å². The number of aryl methyl sites for hydroxylation is 1. The Hall–Kier alpha value is -1.95. The third-order valence-electron chi connectivity index (χ3n) is 4.29. The standard InChI is InChI=1S/C17H25FN2O3/c1-7-20(5,6)12(4)16(21)19-15-11(3)9-13(18)10-14(15)17(22)23-8-2/h9-10,12H,7-8H2,1-6H3/p+1. The van der Waals surface area contributed by atoms with Gasteiger partial charge in [-0.2, -0.15) is 0 Å². The molecule has 0 fully saturated rings. The number of nitrogens with one attached hydrogen (secondary N) is 1. The first-order valence-corrected chi connectivity index (χ1v) is 7.74. The first-order chi connectivity index (χ1) is 10.6. The number of amides is 1. The van der Waals surface area contributed by atoms with Crippen LogP contribution in [0.25, 0.3) is 0 Å². The highest BCUT2D eigenvalue weighted by Gasteiger charge is 2.30. The van der Waals surface area contributed by atoms with E-state index in [4.69, 9.17) is 4.74 Å². The number of esters is 1. The molecule has 1 aromatic rings. The fourth-order valence-corrected chi connectivity index (χ4v) is 2.10. The summed E-state index contributed by atoms with van der Waals surface area (Å²) in [4.78, 5) is 24.5. The molecule has 0 spiro atoms. The molecule has 0 aliphatic carbocycles. The molecule has 1 amide bonds. The van der Waals surface area contributed by atoms with Gasteiger partial charge in [-0.25, -0.2) is 9.18 Å². The number of quaternary nitrogens is 1. The second-order valence-corrected chi connectivity index (χ2v) is 6.13. The lowest BCUT2D eigenvalue weighted by Crippen LogP contribution is -2.52. The van der Waals surface area contributed by atoms with E-state index >= 15 is 0 Å². The summed E-state index contributed by atoms with van der Waals surface area (Å²) in [6, 6.07) is 2.05. The van der Waals surface area contributed by atoms with Gasteiger partial charge in [0.1, 0.15) is 5.82 Å². The van der Waals surface area contributed by atoms with Crippen LogP contribution in [-0.4, -0.2) is 49.6 Å². The lowest BCUT2D eigenvalue weighted by Gasteiger charge is -2.34. The van der Waals surface area contributed by atoms with E-state index in [1.54, 1.807) is 13.8 Å². The second kappa shape index (κ2) is 7.55. The van der Waals surface area contributed by atoms with Crippen LogP contribution in [0.4, 0.5) is 10.1 Å². The molecular formula is C17H26FN2O3+. The molecule has 23 heavy (non-hydrogen) atoms. The Labute approximate surface area is 137 Å². The van der Waals surface area contributed by atoms with Crippen LogP contribution >= 0.6 is 0 Å². The Morgan fingerprint density at radius 3 is 2.43 bits per heavy atom. The molecule has 0 bridgehead atoms. The lowest BCUT2D eigenvalue weighted by molar-refractivity contribution is -0.902. The molecule has 0 heterocycles. The number of anilines is 1. The van der Waals surface area contributed by atoms with Crippen molar-refractivity contribution in [2.75, 3.05) is 32.6 Å². The van der Waals surface area contributed by atoms with Gasteiger partial charge >= 0.3 is 5.97 Å². The Kier molecular flexibility index (Phi) is 6.27. The highest BCUT2D eigenvalue weighted by Crippen LogP contribution is 2.24. The normalized spacial score (nSPS) is 12.7. The van der Waals surface area contributed by atoms with E-state index in [0.717, 1.165) is 12.6 Å². The zero-order valence-electron chi connectivity index (χ0n) is 14.7. The molecule has 6 heteroatoms. The Balaban J connectivity index is 3.17. The van der Waals surface area contributed by atoms with Crippen molar-refractivity contribution >= 4 is 17.6 Å². The summed E-state index contributed by atoms with van der Waals surface area (Å²) in [5.74, 6) is -1.42. The number of carbonyl (C=O) groups is 2. The number of hydrogen-bond donors (Lipinski definition) is 1. The van der Waals surface area contributed by atoms with E-state index in [1.807, 2.05) is 27.9 Å². The van der Waals surface area contributed by atoms with Crippen molar-refractivity contribution in [2.45, 2.75) is 33.7 Å². The third-order valence-corrected chi connectivity index (χ3v) is 4.29. The van der Waals surface area contributed by atoms with E-state index in [2.05, 4.69) is 5.32 Å². The van der Waals surface area contributed by atoms with Crippen LogP contribution in [0.2, 0.25) is 0 Å². The molecular weight excluding hydrogens is 299 g/mol. The van der Waals surface area contributed by atoms with E-state index in [1.165, 1.54) is 6.07 Å². The largest absolute Gasteiger partial charge is 0.462 e. The van der Waals surface area contributed by atoms with Crippen molar-refractivity contribution in [1.82, 2.24) is 0 Å². The first kappa shape index (κ1) is 19.1. The van der Waals surface area contributed by atoms with Gasteiger partial charge in [0.2, 0.25) is 0 Å². The topological polar surface area (TPSA) is 55.4 Å². The van der Waals surface area contributed by atoms with Crippen LogP contribution in [0.3, 0.4) is 0 Å². The summed E-state index contributed by atoms with van der Waals surface area (Å²) in [6.45, 7) is 8.09. The van der Waals surface area contributed by atoms with Crippen molar-refractivity contribution in [2.24, 2.45) is 0 Å². The van der Waals surface area contributed by atoms with E-state index < -0.39 is 11.8 Å². The zero-order valence-corrected chi connectivity index (χ0v) is 14.7. The SMILES string of the molecule is CCOC(=O)c1cc(F)cc(C)c1NC(=O)C(C)[N+](C)(C)CC. The Morgan fingerprint density at radius 2 is 1.91 bits per heavy atom. The lowest BCUT2D eigenvalue weighted by atomic mass is 10.1. The molecule has 1 rings (SSSR count). The number of ether oxygens (including phenoxy) is 1. The van der Waals surface area contributed by atoms with Gasteiger partial charge in [0.25, 0.3) is 5.91 Å². The van der Waals surface area contributed by atoms with E-state index in [-0.39, 0.29) is 24.1 Å². The third kappa shape index (κ3) is 4.51. The van der Waals surface area contributed by atoms with Gasteiger partial charge in [-0.05, 0) is 45.4 Å². The molecule has 1 atom stereocenters. The monoisotopic (exact) mass is 325 g/mol. The number of carbonyl (C=O) groups excluding carboxylic acids is 2. The molecule has 1 aromatic carbocycles. The van der Waals surface area contributed by atoms with Crippen LogP contribution in [-0.2, 0) is 9.53 Å². The number of hydrogen-bond acceptors (Lipinski definition) is 3. The predicted octanol–water partition coefficient (Wildman–Crippen LogP) is 2.73. The molecule has 128 valence electrons. The quantitative estimate of drug-likeness (QED) is 0.646. The highest BCUT2D eigenvalue weighted by molar-refractivity contribution is 6.03. The Morgan fingerprint density at radius 1 is 1.30 bits per heavy atom. The molecule has 0 radical (unpaired) electrons. The minimum Gasteiger partial charge on any atom is -0.462 e. The van der Waals surface area contributed by atoms with Gasteiger partial charge in [0.05, 0.1) is 38.5 Å². The fourth-order valence-electron chi connectivity index (χ4n) is 2.10. The summed E-state index contributed by atoms with van der Waals surface area (Å²) in [5.41, 5.74) is 0.819. The minimum absolute atomic E-state index is 0.0340. The summed E-state index contributed by atoms with van der Waals surface area (Å²) < 4.78 is 19.1. The first-order valence-electron chi connectivity index (χ1n) is 7.74. The number of likely N-dealkylation sites (N-methyl/N-ethyl adjacent to an activating group) is 1. The van der Waals surface area contributed by atoms with Crippen molar-refractivity contribution in [3.63, 3.8) is 0 Å². The number of nitrogens with zero attached hydrogens (tertiary/aromatic N) is 1. The molecule has 1 unspecified atom stereocenters. The minimum atomic E-state index is -0.651. The molecule has 0 saturated heterocycles. The predicted molar refractivity (Wildman–Crippen MR) is 87.8 cm³/mol. The van der Waals surface area contributed by atoms with Crippen molar-refractivity contribution in [3.05, 3.63) is 29.1 Å². The van der Waals surface area contributed by atoms with Gasteiger partial charge in [0, 0.05) is 0 Å². The highest BCUT2D eigenvalue weighted by atomic mass is 19.1. The maximum absolute atomic E-state index is 13.6. The van der Waals surface area contributed by atoms with E-state index in [0.29, 0.717) is 15.7 Å². The van der Waals surface area contributed by atoms with Crippen LogP contribution in [0.1, 0.15) is 36.7 Å². The Bertz CT molecular complexity index is 600. The zero-order chi connectivity index (χ0) is 17.8. The second-order valence-electron chi connectivity index (χ2n) is 6.13. The average Bonchev–Trinajstić information content (AvgIpc) is 2.48. The molecule has 0 saturated carbocycles. The van der Waals surface area contributed by atoms with Crippen LogP contribution in [0, 0.1) is 12.7 Å². The average molecular weight is 325 g/mol. The van der Waals surface area contributed by atoms with Gasteiger partial charge < -0.3 is 14.5 Å². The molecule has 0 aromatic heterocycles. The molecule has 0 aliphatic rings. The fraction of sp³-hybridized carbons (Fsp3) is 0.529. The molecule has 1 N–H and O–H groups in total. The molecule has 5 nitrogen and oxygen atoms in total. The van der Waals surface area contributed by atoms with Crippen molar-refractivity contribution in [1.29, 1.82) is 0 Å². The summed E-state index contributed by atoms with van der Waals surface area (Å²) in [7, 11) is 3.90. The van der Waals surface area contributed by atoms with Gasteiger partial charge in [-0.15, -0.1) is 0 Å². The van der Waals surface area contributed by atoms with Gasteiger partial charge in [-0.1, -0.05) is 0 Å². The number of halogens is 1. The summed E-state index contributed by atoms with van der Waals surface area (Å²) >= 11 is 0. The number of rotatable bonds is 6. The summed E-state index contributed by atoms with van der Waals surface area (Å²) in [5, 5.41) is 2.76. The van der Waals surface area contributed by atoms with Crippen LogP contribution in [0.5, 0.6) is 0 Å². The maximum atomic E-state index is 13.6. The van der Waals surface area contributed by atoms with Crippen LogP contribution < -0.4 is 5.32 Å². The smallest absolute Gasteiger partial charge is 0.340 e. The molecule has 0 aliphatic heterocycles. The summed E-state index contributed by atoms with van der Waals surface area (Å²) in [6.07, 6.45) is 0. The van der Waals surface area contributed by atoms with Crippen molar-refractivity contribution in [3.8, 4) is 0 Å². The van der Waals surface area contributed by atoms with Gasteiger partial charge in [0.15, 0.2) is 6.04 Å². The van der Waals surface area contributed by atoms with E-state index in [9.17, 15) is 14.0 Å². The van der Waals surface area contributed by atoms with Crippen LogP contribution in [0.15, 0.2) is 12.1 Å². The number of benzene rings is 1. The van der Waals surface area contributed by atoms with Gasteiger partial charge in [-0.3, -0.25) is 4.79 Å². The maximum Gasteiger partial charge on any atom is 0.340 e.